The molecule has 4 rings (SSSR count). The Hall–Kier alpha value is -2.18. The number of hydrogen-bond acceptors (Lipinski definition) is 5. The monoisotopic (exact) mass is 403 g/mol. The largest absolute Gasteiger partial charge is 0.450 e. The van der Waals surface area contributed by atoms with Crippen LogP contribution >= 0.6 is 11.6 Å². The van der Waals surface area contributed by atoms with Crippen molar-refractivity contribution in [3.05, 3.63) is 40.9 Å². The van der Waals surface area contributed by atoms with Gasteiger partial charge in [-0.3, -0.25) is 4.79 Å². The van der Waals surface area contributed by atoms with Crippen molar-refractivity contribution in [2.45, 2.75) is 57.1 Å². The zero-order valence-electron chi connectivity index (χ0n) is 16.2. The van der Waals surface area contributed by atoms with Crippen LogP contribution in [0.3, 0.4) is 0 Å². The van der Waals surface area contributed by atoms with Crippen molar-refractivity contribution < 1.29 is 14.3 Å². The number of aliphatic hydroxyl groups is 1. The van der Waals surface area contributed by atoms with E-state index in [2.05, 4.69) is 22.5 Å². The van der Waals surface area contributed by atoms with Crippen molar-refractivity contribution in [1.29, 1.82) is 0 Å². The second kappa shape index (κ2) is 6.71. The summed E-state index contributed by atoms with van der Waals surface area (Å²) in [6.07, 6.45) is 5.32. The molecule has 0 saturated heterocycles. The summed E-state index contributed by atoms with van der Waals surface area (Å²) < 4.78 is 6.05. The van der Waals surface area contributed by atoms with Crippen molar-refractivity contribution in [2.24, 2.45) is 0 Å². The minimum Gasteiger partial charge on any atom is -0.450 e. The van der Waals surface area contributed by atoms with E-state index >= 15 is 0 Å². The number of rotatable bonds is 3. The third kappa shape index (κ3) is 3.35. The molecule has 2 aliphatic rings. The molecule has 1 saturated carbocycles. The summed E-state index contributed by atoms with van der Waals surface area (Å²) in [7, 11) is 0. The van der Waals surface area contributed by atoms with E-state index in [0.29, 0.717) is 10.6 Å². The summed E-state index contributed by atoms with van der Waals surface area (Å²) in [6, 6.07) is 3.52. The molecule has 1 spiro atoms. The first-order chi connectivity index (χ1) is 13.2. The molecule has 4 N–H and O–H groups in total. The molecule has 0 unspecified atom stereocenters. The van der Waals surface area contributed by atoms with E-state index in [0.717, 1.165) is 48.1 Å². The van der Waals surface area contributed by atoms with Gasteiger partial charge in [0.15, 0.2) is 5.76 Å². The minimum absolute atomic E-state index is 0.134. The molecule has 1 aromatic heterocycles. The van der Waals surface area contributed by atoms with Crippen LogP contribution in [0, 0.1) is 0 Å². The molecular weight excluding hydrogens is 378 g/mol. The second-order valence-corrected chi connectivity index (χ2v) is 8.91. The van der Waals surface area contributed by atoms with Crippen molar-refractivity contribution in [2.75, 3.05) is 11.9 Å². The molecule has 0 radical (unpaired) electrons. The highest BCUT2D eigenvalue weighted by molar-refractivity contribution is 6.34. The normalized spacial score (nSPS) is 18.5. The van der Waals surface area contributed by atoms with E-state index < -0.39 is 5.60 Å². The molecule has 1 aliphatic heterocycles. The zero-order valence-corrected chi connectivity index (χ0v) is 17.0. The van der Waals surface area contributed by atoms with Crippen molar-refractivity contribution in [1.82, 2.24) is 10.6 Å². The van der Waals surface area contributed by atoms with E-state index in [1.807, 2.05) is 6.07 Å². The second-order valence-electron chi connectivity index (χ2n) is 8.50. The Morgan fingerprint density at radius 2 is 2.07 bits per heavy atom. The molecule has 1 aliphatic carbocycles. The number of benzene rings is 1. The SMILES string of the molecule is C=C1Nc2c(Cl)cc3cc(C(=O)NCC(C)(C)O)oc3c2C2(CCCCC2)N1. The molecule has 2 heterocycles. The molecule has 1 fully saturated rings. The van der Waals surface area contributed by atoms with Crippen LogP contribution in [0.2, 0.25) is 5.02 Å². The van der Waals surface area contributed by atoms with Gasteiger partial charge in [0.05, 0.1) is 27.7 Å². The Morgan fingerprint density at radius 3 is 2.75 bits per heavy atom. The van der Waals surface area contributed by atoms with Gasteiger partial charge in [-0.25, -0.2) is 0 Å². The number of amides is 1. The number of carbonyl (C=O) groups excluding carboxylic acids is 1. The fraction of sp³-hybridized carbons (Fsp3) is 0.476. The molecule has 2 aromatic rings. The molecule has 150 valence electrons. The van der Waals surface area contributed by atoms with Gasteiger partial charge in [-0.2, -0.15) is 0 Å². The van der Waals surface area contributed by atoms with E-state index in [-0.39, 0.29) is 23.8 Å². The van der Waals surface area contributed by atoms with Crippen LogP contribution in [0.4, 0.5) is 5.69 Å². The predicted octanol–water partition coefficient (Wildman–Crippen LogP) is 4.23. The van der Waals surface area contributed by atoms with Gasteiger partial charge in [-0.1, -0.05) is 37.4 Å². The van der Waals surface area contributed by atoms with Crippen LogP contribution < -0.4 is 16.0 Å². The van der Waals surface area contributed by atoms with E-state index in [9.17, 15) is 9.90 Å². The number of carbonyl (C=O) groups is 1. The maximum atomic E-state index is 12.5. The highest BCUT2D eigenvalue weighted by Crippen LogP contribution is 2.49. The van der Waals surface area contributed by atoms with Crippen LogP contribution in [0.15, 0.2) is 28.9 Å². The highest BCUT2D eigenvalue weighted by atomic mass is 35.5. The predicted molar refractivity (Wildman–Crippen MR) is 111 cm³/mol. The molecule has 1 aromatic carbocycles. The molecule has 7 heteroatoms. The van der Waals surface area contributed by atoms with E-state index in [1.54, 1.807) is 19.9 Å². The lowest BCUT2D eigenvalue weighted by molar-refractivity contribution is 0.0682. The van der Waals surface area contributed by atoms with Gasteiger partial charge < -0.3 is 25.5 Å². The fourth-order valence-corrected chi connectivity index (χ4v) is 4.55. The number of furan rings is 1. The molecule has 0 atom stereocenters. The van der Waals surface area contributed by atoms with Gasteiger partial charge >= 0.3 is 0 Å². The lowest BCUT2D eigenvalue weighted by Gasteiger charge is -2.44. The van der Waals surface area contributed by atoms with Crippen molar-refractivity contribution in [3.8, 4) is 0 Å². The number of anilines is 1. The standard InChI is InChI=1S/C21H26ClN3O3/c1-12-24-17-14(22)9-13-10-15(19(26)23-11-20(2,3)27)28-18(13)16(17)21(25-12)7-5-4-6-8-21/h9-10,24-25,27H,1,4-8,11H2,2-3H3,(H,23,26). The third-order valence-electron chi connectivity index (χ3n) is 5.52. The van der Waals surface area contributed by atoms with Crippen LogP contribution in [0.1, 0.15) is 62.1 Å². The third-order valence-corrected chi connectivity index (χ3v) is 5.81. The number of hydrogen-bond donors (Lipinski definition) is 4. The average molecular weight is 404 g/mol. The quantitative estimate of drug-likeness (QED) is 0.616. The first-order valence-electron chi connectivity index (χ1n) is 9.70. The van der Waals surface area contributed by atoms with Gasteiger partial charge in [0.25, 0.3) is 5.91 Å². The molecular formula is C21H26ClN3O3. The Bertz CT molecular complexity index is 952. The molecule has 6 nitrogen and oxygen atoms in total. The van der Waals surface area contributed by atoms with Crippen LogP contribution in [0.5, 0.6) is 0 Å². The van der Waals surface area contributed by atoms with E-state index in [1.165, 1.54) is 6.42 Å². The summed E-state index contributed by atoms with van der Waals surface area (Å²) in [6.45, 7) is 7.47. The van der Waals surface area contributed by atoms with Crippen molar-refractivity contribution in [3.63, 3.8) is 0 Å². The maximum Gasteiger partial charge on any atom is 0.287 e. The number of nitrogens with one attached hydrogen (secondary N) is 3. The summed E-state index contributed by atoms with van der Waals surface area (Å²) >= 11 is 6.59. The van der Waals surface area contributed by atoms with Crippen molar-refractivity contribution >= 4 is 34.2 Å². The first kappa shape index (κ1) is 19.2. The lowest BCUT2D eigenvalue weighted by atomic mass is 9.74. The Labute approximate surface area is 169 Å². The lowest BCUT2D eigenvalue weighted by Crippen LogP contribution is -2.48. The summed E-state index contributed by atoms with van der Waals surface area (Å²) in [5, 5.41) is 20.7. The topological polar surface area (TPSA) is 86.5 Å². The number of halogens is 1. The average Bonchev–Trinajstić information content (AvgIpc) is 3.03. The van der Waals surface area contributed by atoms with Crippen LogP contribution in [-0.4, -0.2) is 23.2 Å². The Kier molecular flexibility index (Phi) is 4.59. The highest BCUT2D eigenvalue weighted by Gasteiger charge is 2.42. The van der Waals surface area contributed by atoms with Gasteiger partial charge in [-0.05, 0) is 38.8 Å². The van der Waals surface area contributed by atoms with E-state index in [4.69, 9.17) is 16.0 Å². The molecule has 1 amide bonds. The minimum atomic E-state index is -0.996. The molecule has 28 heavy (non-hydrogen) atoms. The smallest absolute Gasteiger partial charge is 0.287 e. The summed E-state index contributed by atoms with van der Waals surface area (Å²) in [5.74, 6) is 0.575. The zero-order chi connectivity index (χ0) is 20.1. The Balaban J connectivity index is 1.81. The fourth-order valence-electron chi connectivity index (χ4n) is 4.29. The van der Waals surface area contributed by atoms with Gasteiger partial charge in [-0.15, -0.1) is 0 Å². The summed E-state index contributed by atoms with van der Waals surface area (Å²) in [5.41, 5.74) is 1.16. The van der Waals surface area contributed by atoms with Crippen LogP contribution in [0.25, 0.3) is 11.0 Å². The van der Waals surface area contributed by atoms with Gasteiger partial charge in [0.2, 0.25) is 0 Å². The maximum absolute atomic E-state index is 12.5. The van der Waals surface area contributed by atoms with Gasteiger partial charge in [0, 0.05) is 17.5 Å². The first-order valence-corrected chi connectivity index (χ1v) is 10.1. The van der Waals surface area contributed by atoms with Gasteiger partial charge in [0.1, 0.15) is 5.58 Å². The molecule has 0 bridgehead atoms. The van der Waals surface area contributed by atoms with Crippen LogP contribution in [-0.2, 0) is 5.54 Å². The summed E-state index contributed by atoms with van der Waals surface area (Å²) in [4.78, 5) is 12.5. The number of fused-ring (bicyclic) bond motifs is 4. The Morgan fingerprint density at radius 1 is 1.36 bits per heavy atom.